The number of benzene rings is 1. The van der Waals surface area contributed by atoms with Crippen molar-refractivity contribution in [1.29, 1.82) is 0 Å². The molecule has 1 aliphatic rings. The minimum atomic E-state index is -0.509. The van der Waals surface area contributed by atoms with Crippen LogP contribution in [0.2, 0.25) is 0 Å². The van der Waals surface area contributed by atoms with Crippen LogP contribution in [-0.4, -0.2) is 35.9 Å². The van der Waals surface area contributed by atoms with E-state index in [2.05, 4.69) is 10.1 Å². The van der Waals surface area contributed by atoms with Crippen molar-refractivity contribution in [2.75, 3.05) is 14.2 Å². The highest BCUT2D eigenvalue weighted by Gasteiger charge is 2.25. The second-order valence-electron chi connectivity index (χ2n) is 4.88. The number of aromatic nitrogens is 2. The maximum Gasteiger partial charge on any atom is 0.363 e. The fraction of sp³-hybridized carbons (Fsp3) is 0.188. The van der Waals surface area contributed by atoms with Crippen molar-refractivity contribution >= 4 is 17.9 Å². The number of carbonyl (C=O) groups is 1. The Labute approximate surface area is 132 Å². The van der Waals surface area contributed by atoms with Gasteiger partial charge in [0.05, 0.1) is 20.4 Å². The smallest absolute Gasteiger partial charge is 0.363 e. The van der Waals surface area contributed by atoms with Crippen LogP contribution < -0.4 is 9.47 Å². The number of aryl methyl sites for hydroxylation is 1. The van der Waals surface area contributed by atoms with Crippen LogP contribution in [0.1, 0.15) is 11.1 Å². The molecule has 0 atom stereocenters. The molecule has 2 aromatic rings. The third-order valence-electron chi connectivity index (χ3n) is 3.25. The van der Waals surface area contributed by atoms with E-state index < -0.39 is 5.97 Å². The summed E-state index contributed by atoms with van der Waals surface area (Å²) in [6.07, 6.45) is 5.05. The van der Waals surface area contributed by atoms with Gasteiger partial charge in [0.2, 0.25) is 5.90 Å². The lowest BCUT2D eigenvalue weighted by atomic mass is 10.2. The first-order valence-electron chi connectivity index (χ1n) is 6.83. The van der Waals surface area contributed by atoms with Gasteiger partial charge >= 0.3 is 5.97 Å². The van der Waals surface area contributed by atoms with Crippen LogP contribution in [0.5, 0.6) is 11.5 Å². The Morgan fingerprint density at radius 2 is 1.87 bits per heavy atom. The number of cyclic esters (lactones) is 1. The van der Waals surface area contributed by atoms with Crippen molar-refractivity contribution in [2.24, 2.45) is 12.0 Å². The van der Waals surface area contributed by atoms with Crippen LogP contribution in [0.3, 0.4) is 0 Å². The van der Waals surface area contributed by atoms with Crippen LogP contribution in [0, 0.1) is 0 Å². The van der Waals surface area contributed by atoms with Gasteiger partial charge in [-0.3, -0.25) is 4.68 Å². The van der Waals surface area contributed by atoms with Gasteiger partial charge in [-0.2, -0.15) is 5.10 Å². The van der Waals surface area contributed by atoms with E-state index >= 15 is 0 Å². The molecule has 0 bridgehead atoms. The molecular formula is C16H15N3O4. The molecule has 1 aromatic heterocycles. The van der Waals surface area contributed by atoms with E-state index in [0.29, 0.717) is 17.1 Å². The molecule has 0 fully saturated rings. The van der Waals surface area contributed by atoms with Crippen LogP contribution in [-0.2, 0) is 16.6 Å². The van der Waals surface area contributed by atoms with Gasteiger partial charge in [-0.05, 0) is 18.2 Å². The highest BCUT2D eigenvalue weighted by molar-refractivity contribution is 6.13. The molecule has 118 valence electrons. The summed E-state index contributed by atoms with van der Waals surface area (Å²) in [5, 5.41) is 4.04. The molecular weight excluding hydrogens is 298 g/mol. The summed E-state index contributed by atoms with van der Waals surface area (Å²) >= 11 is 0. The minimum Gasteiger partial charge on any atom is -0.497 e. The maximum atomic E-state index is 12.0. The third-order valence-corrected chi connectivity index (χ3v) is 3.25. The number of rotatable bonds is 4. The fourth-order valence-corrected chi connectivity index (χ4v) is 2.14. The number of methoxy groups -OCH3 is 2. The predicted molar refractivity (Wildman–Crippen MR) is 83.4 cm³/mol. The lowest BCUT2D eigenvalue weighted by Gasteiger charge is -2.07. The van der Waals surface area contributed by atoms with Crippen molar-refractivity contribution in [3.05, 3.63) is 47.4 Å². The Bertz CT molecular complexity index is 798. The largest absolute Gasteiger partial charge is 0.497 e. The van der Waals surface area contributed by atoms with Crippen LogP contribution in [0.15, 0.2) is 41.3 Å². The van der Waals surface area contributed by atoms with Crippen LogP contribution >= 0.6 is 0 Å². The summed E-state index contributed by atoms with van der Waals surface area (Å²) < 4.78 is 17.3. The topological polar surface area (TPSA) is 74.9 Å². The average molecular weight is 313 g/mol. The molecule has 3 rings (SSSR count). The highest BCUT2D eigenvalue weighted by Crippen LogP contribution is 2.26. The molecule has 1 aliphatic heterocycles. The normalized spacial score (nSPS) is 15.5. The molecule has 0 unspecified atom stereocenters. The number of nitrogens with zero attached hydrogens (tertiary/aromatic N) is 3. The Morgan fingerprint density at radius 3 is 2.43 bits per heavy atom. The van der Waals surface area contributed by atoms with E-state index in [-0.39, 0.29) is 11.6 Å². The highest BCUT2D eigenvalue weighted by atomic mass is 16.6. The number of hydrogen-bond acceptors (Lipinski definition) is 6. The second-order valence-corrected chi connectivity index (χ2v) is 4.88. The van der Waals surface area contributed by atoms with E-state index in [4.69, 9.17) is 14.2 Å². The van der Waals surface area contributed by atoms with E-state index in [1.54, 1.807) is 62.6 Å². The van der Waals surface area contributed by atoms with Crippen LogP contribution in [0.4, 0.5) is 0 Å². The zero-order valence-corrected chi connectivity index (χ0v) is 12.9. The van der Waals surface area contributed by atoms with Gasteiger partial charge in [0, 0.05) is 30.4 Å². The molecule has 23 heavy (non-hydrogen) atoms. The summed E-state index contributed by atoms with van der Waals surface area (Å²) in [7, 11) is 4.90. The molecule has 2 heterocycles. The fourth-order valence-electron chi connectivity index (χ4n) is 2.14. The van der Waals surface area contributed by atoms with Gasteiger partial charge in [0.15, 0.2) is 5.70 Å². The minimum absolute atomic E-state index is 0.211. The lowest BCUT2D eigenvalue weighted by molar-refractivity contribution is -0.129. The summed E-state index contributed by atoms with van der Waals surface area (Å²) in [6.45, 7) is 0. The van der Waals surface area contributed by atoms with Gasteiger partial charge in [0.25, 0.3) is 0 Å². The number of esters is 1. The second kappa shape index (κ2) is 5.96. The molecule has 0 saturated carbocycles. The molecule has 1 aromatic carbocycles. The van der Waals surface area contributed by atoms with E-state index in [1.807, 2.05) is 0 Å². The summed E-state index contributed by atoms with van der Waals surface area (Å²) in [5.41, 5.74) is 1.59. The Morgan fingerprint density at radius 1 is 1.17 bits per heavy atom. The molecule has 0 saturated heterocycles. The Hall–Kier alpha value is -3.09. The number of aliphatic imine (C=N–C) groups is 1. The molecule has 0 N–H and O–H groups in total. The van der Waals surface area contributed by atoms with Crippen molar-refractivity contribution in [3.63, 3.8) is 0 Å². The van der Waals surface area contributed by atoms with E-state index in [1.165, 1.54) is 0 Å². The first kappa shape index (κ1) is 14.8. The monoisotopic (exact) mass is 313 g/mol. The molecule has 0 spiro atoms. The van der Waals surface area contributed by atoms with E-state index in [9.17, 15) is 4.79 Å². The summed E-state index contributed by atoms with van der Waals surface area (Å²) in [5.74, 6) is 0.874. The Kier molecular flexibility index (Phi) is 3.84. The molecule has 7 nitrogen and oxygen atoms in total. The van der Waals surface area contributed by atoms with E-state index in [0.717, 1.165) is 5.56 Å². The predicted octanol–water partition coefficient (Wildman–Crippen LogP) is 1.78. The standard InChI is InChI=1S/C16H15N3O4/c1-19-9-10(8-17-19)4-14-16(20)23-15(18-14)11-5-12(21-2)7-13(6-11)22-3/h4-9H,1-3H3/b14-4-. The SMILES string of the molecule is COc1cc(OC)cc(C2=N/C(=C\c3cnn(C)c3)C(=O)O2)c1. The van der Waals surface area contributed by atoms with Gasteiger partial charge < -0.3 is 14.2 Å². The zero-order valence-electron chi connectivity index (χ0n) is 12.9. The molecule has 7 heteroatoms. The van der Waals surface area contributed by atoms with Crippen LogP contribution in [0.25, 0.3) is 6.08 Å². The lowest BCUT2D eigenvalue weighted by Crippen LogP contribution is -2.06. The van der Waals surface area contributed by atoms with Gasteiger partial charge in [-0.25, -0.2) is 9.79 Å². The Balaban J connectivity index is 1.96. The van der Waals surface area contributed by atoms with Crippen molar-refractivity contribution in [3.8, 4) is 11.5 Å². The van der Waals surface area contributed by atoms with Gasteiger partial charge in [-0.15, -0.1) is 0 Å². The van der Waals surface area contributed by atoms with Crippen molar-refractivity contribution in [1.82, 2.24) is 9.78 Å². The molecule has 0 amide bonds. The van der Waals surface area contributed by atoms with Crippen molar-refractivity contribution < 1.29 is 19.0 Å². The average Bonchev–Trinajstić information content (AvgIpc) is 3.13. The van der Waals surface area contributed by atoms with Crippen molar-refractivity contribution in [2.45, 2.75) is 0 Å². The molecule has 0 radical (unpaired) electrons. The quantitative estimate of drug-likeness (QED) is 0.635. The number of carbonyl (C=O) groups excluding carboxylic acids is 1. The van der Waals surface area contributed by atoms with Gasteiger partial charge in [-0.1, -0.05) is 0 Å². The summed E-state index contributed by atoms with van der Waals surface area (Å²) in [4.78, 5) is 16.2. The maximum absolute atomic E-state index is 12.0. The molecule has 0 aliphatic carbocycles. The number of ether oxygens (including phenoxy) is 3. The zero-order chi connectivity index (χ0) is 16.4. The number of hydrogen-bond donors (Lipinski definition) is 0. The van der Waals surface area contributed by atoms with Gasteiger partial charge in [0.1, 0.15) is 11.5 Å². The first-order chi connectivity index (χ1) is 11.1. The first-order valence-corrected chi connectivity index (χ1v) is 6.83. The summed E-state index contributed by atoms with van der Waals surface area (Å²) in [6, 6.07) is 5.18. The third kappa shape index (κ3) is 3.08.